The molecule has 15 heavy (non-hydrogen) atoms. The number of ether oxygens (including phenoxy) is 1. The Labute approximate surface area is 88.8 Å². The second-order valence-electron chi connectivity index (χ2n) is 3.52. The Bertz CT molecular complexity index is 232. The van der Waals surface area contributed by atoms with Crippen LogP contribution in [0.5, 0.6) is 0 Å². The smallest absolute Gasteiger partial charge is 0.145 e. The van der Waals surface area contributed by atoms with Crippen molar-refractivity contribution in [2.45, 2.75) is 18.9 Å². The molecule has 1 aliphatic heterocycles. The van der Waals surface area contributed by atoms with E-state index in [-0.39, 0.29) is 12.6 Å². The molecule has 0 saturated carbocycles. The van der Waals surface area contributed by atoms with Crippen molar-refractivity contribution >= 4 is 6.29 Å². The fraction of sp³-hybridized carbons (Fsp3) is 0.889. The first kappa shape index (κ1) is 12.0. The van der Waals surface area contributed by atoms with Gasteiger partial charge >= 0.3 is 0 Å². The Morgan fingerprint density at radius 3 is 2.87 bits per heavy atom. The summed E-state index contributed by atoms with van der Waals surface area (Å²) in [5.74, 6) is 0. The van der Waals surface area contributed by atoms with Gasteiger partial charge in [0.05, 0.1) is 6.61 Å². The number of nitrogens with zero attached hydrogens (tertiary/aromatic N) is 4. The van der Waals surface area contributed by atoms with Gasteiger partial charge in [-0.1, -0.05) is 5.11 Å². The minimum Gasteiger partial charge on any atom is -0.373 e. The highest BCUT2D eigenvalue weighted by molar-refractivity contribution is 5.50. The lowest BCUT2D eigenvalue weighted by Crippen LogP contribution is -2.37. The molecule has 6 heteroatoms. The molecule has 0 unspecified atom stereocenters. The van der Waals surface area contributed by atoms with Crippen LogP contribution in [0.2, 0.25) is 0 Å². The first-order valence-corrected chi connectivity index (χ1v) is 5.14. The van der Waals surface area contributed by atoms with Crippen LogP contribution in [0.1, 0.15) is 12.8 Å². The van der Waals surface area contributed by atoms with E-state index in [1.54, 1.807) is 0 Å². The number of rotatable bonds is 6. The Morgan fingerprint density at radius 2 is 2.27 bits per heavy atom. The van der Waals surface area contributed by atoms with Crippen molar-refractivity contribution in [3.8, 4) is 0 Å². The summed E-state index contributed by atoms with van der Waals surface area (Å²) in [6.45, 7) is 3.49. The molecular weight excluding hydrogens is 196 g/mol. The molecule has 0 radical (unpaired) electrons. The van der Waals surface area contributed by atoms with E-state index in [9.17, 15) is 4.79 Å². The van der Waals surface area contributed by atoms with Gasteiger partial charge in [0.25, 0.3) is 0 Å². The van der Waals surface area contributed by atoms with Crippen LogP contribution in [-0.4, -0.2) is 50.1 Å². The van der Waals surface area contributed by atoms with Crippen LogP contribution in [0, 0.1) is 0 Å². The largest absolute Gasteiger partial charge is 0.373 e. The normalized spacial score (nSPS) is 18.4. The molecule has 1 saturated heterocycles. The van der Waals surface area contributed by atoms with Gasteiger partial charge in [0.1, 0.15) is 12.9 Å². The molecule has 1 aliphatic rings. The second kappa shape index (κ2) is 7.23. The fourth-order valence-corrected chi connectivity index (χ4v) is 1.66. The molecule has 0 aromatic heterocycles. The molecule has 0 spiro atoms. The summed E-state index contributed by atoms with van der Waals surface area (Å²) < 4.78 is 5.07. The maximum absolute atomic E-state index is 9.99. The van der Waals surface area contributed by atoms with Crippen molar-refractivity contribution in [3.63, 3.8) is 0 Å². The summed E-state index contributed by atoms with van der Waals surface area (Å²) in [6.07, 6.45) is 2.59. The standard InChI is InChI=1S/C9H16N4O2/c10-12-11-9-1-3-13(4-2-9)5-7-15-8-6-14/h6,9H,1-5,7-8H2. The highest BCUT2D eigenvalue weighted by Gasteiger charge is 2.17. The van der Waals surface area contributed by atoms with Gasteiger partial charge in [0.2, 0.25) is 0 Å². The first-order valence-electron chi connectivity index (χ1n) is 5.14. The lowest BCUT2D eigenvalue weighted by Gasteiger charge is -2.29. The number of hydrogen-bond donors (Lipinski definition) is 0. The highest BCUT2D eigenvalue weighted by Crippen LogP contribution is 2.13. The summed E-state index contributed by atoms with van der Waals surface area (Å²) in [5, 5.41) is 3.70. The molecule has 6 nitrogen and oxygen atoms in total. The van der Waals surface area contributed by atoms with E-state index in [0.717, 1.165) is 38.8 Å². The maximum Gasteiger partial charge on any atom is 0.145 e. The molecule has 0 aromatic rings. The van der Waals surface area contributed by atoms with Gasteiger partial charge in [-0.05, 0) is 31.5 Å². The lowest BCUT2D eigenvalue weighted by molar-refractivity contribution is -0.112. The quantitative estimate of drug-likeness (QED) is 0.216. The van der Waals surface area contributed by atoms with Crippen molar-refractivity contribution in [2.75, 3.05) is 32.8 Å². The van der Waals surface area contributed by atoms with Crippen LogP contribution in [0.4, 0.5) is 0 Å². The molecule has 84 valence electrons. The van der Waals surface area contributed by atoms with Crippen molar-refractivity contribution in [1.82, 2.24) is 4.90 Å². The van der Waals surface area contributed by atoms with Crippen LogP contribution in [0.3, 0.4) is 0 Å². The maximum atomic E-state index is 9.99. The molecule has 1 rings (SSSR count). The van der Waals surface area contributed by atoms with E-state index < -0.39 is 0 Å². The Balaban J connectivity index is 2.09. The van der Waals surface area contributed by atoms with Gasteiger partial charge in [-0.25, -0.2) is 0 Å². The summed E-state index contributed by atoms with van der Waals surface area (Å²) in [5.41, 5.74) is 8.28. The van der Waals surface area contributed by atoms with E-state index in [4.69, 9.17) is 10.3 Å². The minimum absolute atomic E-state index is 0.155. The third kappa shape index (κ3) is 4.78. The van der Waals surface area contributed by atoms with Crippen molar-refractivity contribution in [3.05, 3.63) is 10.4 Å². The molecule has 0 aliphatic carbocycles. The molecular formula is C9H16N4O2. The van der Waals surface area contributed by atoms with Crippen LogP contribution in [-0.2, 0) is 9.53 Å². The monoisotopic (exact) mass is 212 g/mol. The van der Waals surface area contributed by atoms with Gasteiger partial charge in [0.15, 0.2) is 0 Å². The number of carbonyl (C=O) groups is 1. The summed E-state index contributed by atoms with van der Waals surface area (Å²) in [4.78, 5) is 15.1. The Kier molecular flexibility index (Phi) is 5.77. The van der Waals surface area contributed by atoms with E-state index in [1.807, 2.05) is 0 Å². The predicted octanol–water partition coefficient (Wildman–Crippen LogP) is 0.977. The van der Waals surface area contributed by atoms with Crippen LogP contribution in [0.15, 0.2) is 5.11 Å². The summed E-state index contributed by atoms with van der Waals surface area (Å²) >= 11 is 0. The lowest BCUT2D eigenvalue weighted by atomic mass is 10.1. The Morgan fingerprint density at radius 1 is 1.53 bits per heavy atom. The van der Waals surface area contributed by atoms with Crippen molar-refractivity contribution in [1.29, 1.82) is 0 Å². The zero-order valence-electron chi connectivity index (χ0n) is 8.71. The van der Waals surface area contributed by atoms with Crippen LogP contribution >= 0.6 is 0 Å². The topological polar surface area (TPSA) is 78.3 Å². The third-order valence-electron chi connectivity index (χ3n) is 2.51. The van der Waals surface area contributed by atoms with Gasteiger partial charge in [-0.2, -0.15) is 0 Å². The SMILES string of the molecule is [N-]=[N+]=NC1CCN(CCOCC=O)CC1. The number of aldehydes is 1. The molecule has 0 bridgehead atoms. The van der Waals surface area contributed by atoms with E-state index in [2.05, 4.69) is 14.9 Å². The van der Waals surface area contributed by atoms with Crippen LogP contribution in [0.25, 0.3) is 10.4 Å². The van der Waals surface area contributed by atoms with Crippen LogP contribution < -0.4 is 0 Å². The van der Waals surface area contributed by atoms with Gasteiger partial charge in [-0.15, -0.1) is 0 Å². The number of piperidine rings is 1. The van der Waals surface area contributed by atoms with Crippen molar-refractivity contribution in [2.24, 2.45) is 5.11 Å². The molecule has 0 amide bonds. The van der Waals surface area contributed by atoms with Gasteiger partial charge < -0.3 is 14.4 Å². The van der Waals surface area contributed by atoms with E-state index >= 15 is 0 Å². The predicted molar refractivity (Wildman–Crippen MR) is 55.5 cm³/mol. The highest BCUT2D eigenvalue weighted by atomic mass is 16.5. The second-order valence-corrected chi connectivity index (χ2v) is 3.52. The van der Waals surface area contributed by atoms with Crippen molar-refractivity contribution < 1.29 is 9.53 Å². The number of likely N-dealkylation sites (tertiary alicyclic amines) is 1. The molecule has 1 fully saturated rings. The summed E-state index contributed by atoms with van der Waals surface area (Å²) in [6, 6.07) is 0.155. The average molecular weight is 212 g/mol. The van der Waals surface area contributed by atoms with Gasteiger partial charge in [0, 0.05) is 17.5 Å². The fourth-order valence-electron chi connectivity index (χ4n) is 1.66. The average Bonchev–Trinajstić information content (AvgIpc) is 2.27. The molecule has 0 aromatic carbocycles. The number of carbonyl (C=O) groups excluding carboxylic acids is 1. The number of azide groups is 1. The first-order chi connectivity index (χ1) is 7.36. The minimum atomic E-state index is 0.155. The van der Waals surface area contributed by atoms with E-state index in [1.165, 1.54) is 0 Å². The zero-order valence-corrected chi connectivity index (χ0v) is 8.71. The zero-order chi connectivity index (χ0) is 10.9. The molecule has 1 heterocycles. The van der Waals surface area contributed by atoms with E-state index in [0.29, 0.717) is 6.61 Å². The Hall–Kier alpha value is -1.10. The summed E-state index contributed by atoms with van der Waals surface area (Å²) in [7, 11) is 0. The number of hydrogen-bond acceptors (Lipinski definition) is 4. The van der Waals surface area contributed by atoms with Gasteiger partial charge in [-0.3, -0.25) is 0 Å². The third-order valence-corrected chi connectivity index (χ3v) is 2.51. The molecule has 0 atom stereocenters. The molecule has 0 N–H and O–H groups in total.